The average Bonchev–Trinajstić information content (AvgIpc) is 3.02. The van der Waals surface area contributed by atoms with Crippen LogP contribution in [0.1, 0.15) is 36.1 Å². The van der Waals surface area contributed by atoms with Gasteiger partial charge >= 0.3 is 11.9 Å². The SMILES string of the molecule is C#CC(OC)c1cnc2c(C3CCCN3C)c1OC(=O)/C=C/C(=O)O2. The van der Waals surface area contributed by atoms with Crippen molar-refractivity contribution in [1.82, 2.24) is 9.88 Å². The van der Waals surface area contributed by atoms with E-state index in [1.165, 1.54) is 13.3 Å². The Balaban J connectivity index is 2.24. The molecule has 0 aromatic carbocycles. The summed E-state index contributed by atoms with van der Waals surface area (Å²) in [5, 5.41) is 0. The van der Waals surface area contributed by atoms with Crippen LogP contribution in [-0.4, -0.2) is 42.5 Å². The van der Waals surface area contributed by atoms with Gasteiger partial charge in [0.15, 0.2) is 0 Å². The van der Waals surface area contributed by atoms with Crippen molar-refractivity contribution in [2.75, 3.05) is 20.7 Å². The lowest BCUT2D eigenvalue weighted by Gasteiger charge is -2.25. The van der Waals surface area contributed by atoms with E-state index in [-0.39, 0.29) is 17.7 Å². The Morgan fingerprint density at radius 1 is 1.36 bits per heavy atom. The van der Waals surface area contributed by atoms with Crippen molar-refractivity contribution in [3.05, 3.63) is 29.5 Å². The molecule has 2 bridgehead atoms. The predicted molar refractivity (Wildman–Crippen MR) is 87.8 cm³/mol. The molecule has 0 saturated carbocycles. The van der Waals surface area contributed by atoms with E-state index >= 15 is 0 Å². The molecule has 1 saturated heterocycles. The molecule has 1 aromatic heterocycles. The van der Waals surface area contributed by atoms with E-state index in [1.807, 2.05) is 7.05 Å². The molecule has 0 aliphatic carbocycles. The molecule has 0 N–H and O–H groups in total. The van der Waals surface area contributed by atoms with E-state index in [4.69, 9.17) is 20.6 Å². The topological polar surface area (TPSA) is 78.0 Å². The van der Waals surface area contributed by atoms with E-state index in [9.17, 15) is 9.59 Å². The van der Waals surface area contributed by atoms with Crippen LogP contribution in [0, 0.1) is 12.3 Å². The molecule has 2 aliphatic rings. The minimum Gasteiger partial charge on any atom is -0.422 e. The molecule has 0 spiro atoms. The van der Waals surface area contributed by atoms with Crippen LogP contribution in [-0.2, 0) is 14.3 Å². The van der Waals surface area contributed by atoms with Crippen molar-refractivity contribution in [2.24, 2.45) is 0 Å². The fraction of sp³-hybridized carbons (Fsp3) is 0.389. The third-order valence-electron chi connectivity index (χ3n) is 4.34. The maximum absolute atomic E-state index is 12.1. The molecule has 2 atom stereocenters. The summed E-state index contributed by atoms with van der Waals surface area (Å²) in [5.74, 6) is 1.49. The van der Waals surface area contributed by atoms with Gasteiger partial charge in [0.2, 0.25) is 5.88 Å². The van der Waals surface area contributed by atoms with Gasteiger partial charge in [-0.3, -0.25) is 4.90 Å². The third kappa shape index (κ3) is 3.27. The lowest BCUT2D eigenvalue weighted by atomic mass is 10.00. The molecule has 0 radical (unpaired) electrons. The van der Waals surface area contributed by atoms with Gasteiger partial charge < -0.3 is 14.2 Å². The van der Waals surface area contributed by atoms with Gasteiger partial charge in [-0.1, -0.05) is 5.92 Å². The molecule has 2 unspecified atom stereocenters. The third-order valence-corrected chi connectivity index (χ3v) is 4.34. The Labute approximate surface area is 145 Å². The number of carbonyl (C=O) groups is 2. The minimum atomic E-state index is -0.741. The van der Waals surface area contributed by atoms with Crippen LogP contribution < -0.4 is 9.47 Å². The highest BCUT2D eigenvalue weighted by molar-refractivity contribution is 5.94. The standard InChI is InChI=1S/C18H18N2O5/c1-4-13(23-3)11-10-19-18-16(12-6-5-9-20(12)2)17(11)24-14(21)7-8-15(22)25-18/h1,7-8,10,12-13H,5-6,9H2,2-3H3/b8-7+. The first-order valence-electron chi connectivity index (χ1n) is 7.88. The highest BCUT2D eigenvalue weighted by Gasteiger charge is 2.34. The van der Waals surface area contributed by atoms with Crippen LogP contribution in [0.5, 0.6) is 11.6 Å². The number of carbonyl (C=O) groups excluding carboxylic acids is 2. The van der Waals surface area contributed by atoms with Gasteiger partial charge in [-0.05, 0) is 26.4 Å². The van der Waals surface area contributed by atoms with Crippen LogP contribution in [0.15, 0.2) is 18.3 Å². The van der Waals surface area contributed by atoms with Crippen LogP contribution in [0.3, 0.4) is 0 Å². The van der Waals surface area contributed by atoms with E-state index in [2.05, 4.69) is 15.8 Å². The van der Waals surface area contributed by atoms with Gasteiger partial charge in [-0.15, -0.1) is 6.42 Å². The van der Waals surface area contributed by atoms with E-state index in [0.717, 1.165) is 31.5 Å². The highest BCUT2D eigenvalue weighted by atomic mass is 16.6. The number of methoxy groups -OCH3 is 1. The number of terminal acetylenes is 1. The van der Waals surface area contributed by atoms with Crippen LogP contribution in [0.4, 0.5) is 0 Å². The van der Waals surface area contributed by atoms with E-state index in [1.54, 1.807) is 0 Å². The van der Waals surface area contributed by atoms with Crippen molar-refractivity contribution in [1.29, 1.82) is 0 Å². The Kier molecular flexibility index (Phi) is 4.83. The van der Waals surface area contributed by atoms with Gasteiger partial charge in [-0.25, -0.2) is 14.6 Å². The lowest BCUT2D eigenvalue weighted by Crippen LogP contribution is -2.21. The maximum atomic E-state index is 12.1. The van der Waals surface area contributed by atoms with Gasteiger partial charge in [0.05, 0.1) is 11.1 Å². The number of esters is 2. The summed E-state index contributed by atoms with van der Waals surface area (Å²) in [6.45, 7) is 0.872. The first-order valence-corrected chi connectivity index (χ1v) is 7.88. The number of pyridine rings is 1. The number of likely N-dealkylation sites (tertiary alicyclic amines) is 1. The van der Waals surface area contributed by atoms with Gasteiger partial charge in [0.25, 0.3) is 0 Å². The van der Waals surface area contributed by atoms with E-state index < -0.39 is 18.0 Å². The normalized spacial score (nSPS) is 22.8. The highest BCUT2D eigenvalue weighted by Crippen LogP contribution is 2.44. The second-order valence-electron chi connectivity index (χ2n) is 5.86. The van der Waals surface area contributed by atoms with Crippen LogP contribution in [0.25, 0.3) is 0 Å². The first kappa shape index (κ1) is 17.1. The number of hydrogen-bond acceptors (Lipinski definition) is 7. The summed E-state index contributed by atoms with van der Waals surface area (Å²) in [4.78, 5) is 30.3. The molecule has 7 nitrogen and oxygen atoms in total. The van der Waals surface area contributed by atoms with Crippen molar-refractivity contribution < 1.29 is 23.8 Å². The zero-order valence-corrected chi connectivity index (χ0v) is 14.0. The maximum Gasteiger partial charge on any atom is 0.337 e. The second-order valence-corrected chi connectivity index (χ2v) is 5.86. The zero-order valence-electron chi connectivity index (χ0n) is 14.0. The average molecular weight is 342 g/mol. The second kappa shape index (κ2) is 7.05. The van der Waals surface area contributed by atoms with Crippen LogP contribution in [0.2, 0.25) is 0 Å². The van der Waals surface area contributed by atoms with Crippen molar-refractivity contribution in [2.45, 2.75) is 25.0 Å². The predicted octanol–water partition coefficient (Wildman–Crippen LogP) is 1.55. The summed E-state index contributed by atoms with van der Waals surface area (Å²) >= 11 is 0. The summed E-state index contributed by atoms with van der Waals surface area (Å²) in [6, 6.07) is -0.105. The zero-order chi connectivity index (χ0) is 18.0. The number of rotatable bonds is 3. The molecule has 1 fully saturated rings. The van der Waals surface area contributed by atoms with E-state index in [0.29, 0.717) is 11.1 Å². The Hall–Kier alpha value is -2.69. The largest absolute Gasteiger partial charge is 0.422 e. The Morgan fingerprint density at radius 2 is 2.08 bits per heavy atom. The molecule has 0 amide bonds. The molecule has 25 heavy (non-hydrogen) atoms. The molecular weight excluding hydrogens is 324 g/mol. The molecule has 2 aliphatic heterocycles. The van der Waals surface area contributed by atoms with Gasteiger partial charge in [-0.2, -0.15) is 0 Å². The number of fused-ring (bicyclic) bond motifs is 2. The van der Waals surface area contributed by atoms with Crippen molar-refractivity contribution >= 4 is 11.9 Å². The summed E-state index contributed by atoms with van der Waals surface area (Å²) in [6.07, 6.45) is 10.0. The van der Waals surface area contributed by atoms with Crippen LogP contribution >= 0.6 is 0 Å². The fourth-order valence-electron chi connectivity index (χ4n) is 3.14. The number of nitrogens with zero attached hydrogens (tertiary/aromatic N) is 2. The molecule has 7 heteroatoms. The molecule has 130 valence electrons. The quantitative estimate of drug-likeness (QED) is 0.609. The first-order chi connectivity index (χ1) is 12.0. The minimum absolute atomic E-state index is 0.105. The molecule has 1 aromatic rings. The molecule has 3 heterocycles. The smallest absolute Gasteiger partial charge is 0.337 e. The Morgan fingerprint density at radius 3 is 2.68 bits per heavy atom. The summed E-state index contributed by atoms with van der Waals surface area (Å²) in [7, 11) is 3.41. The summed E-state index contributed by atoms with van der Waals surface area (Å²) < 4.78 is 16.2. The van der Waals surface area contributed by atoms with Gasteiger partial charge in [0, 0.05) is 31.5 Å². The monoisotopic (exact) mass is 342 g/mol. The van der Waals surface area contributed by atoms with Gasteiger partial charge in [0.1, 0.15) is 11.9 Å². The Bertz CT molecular complexity index is 780. The summed E-state index contributed by atoms with van der Waals surface area (Å²) in [5.41, 5.74) is 0.990. The molecule has 3 rings (SSSR count). The van der Waals surface area contributed by atoms with Crippen molar-refractivity contribution in [3.63, 3.8) is 0 Å². The number of ether oxygens (including phenoxy) is 3. The molecular formula is C18H18N2O5. The lowest BCUT2D eigenvalue weighted by molar-refractivity contribution is -0.131. The number of hydrogen-bond donors (Lipinski definition) is 0. The fourth-order valence-corrected chi connectivity index (χ4v) is 3.14. The number of aromatic nitrogens is 1. The van der Waals surface area contributed by atoms with Crippen molar-refractivity contribution in [3.8, 4) is 24.0 Å².